The summed E-state index contributed by atoms with van der Waals surface area (Å²) in [7, 11) is 0. The fraction of sp³-hybridized carbons (Fsp3) is 0.429. The molecular formula is C28H38N4O7. The van der Waals surface area contributed by atoms with E-state index in [2.05, 4.69) is 16.0 Å². The fourth-order valence-corrected chi connectivity index (χ4v) is 3.83. The van der Waals surface area contributed by atoms with Crippen LogP contribution in [-0.2, 0) is 32.0 Å². The molecule has 0 saturated heterocycles. The molecule has 6 atom stereocenters. The second-order valence-corrected chi connectivity index (χ2v) is 9.66. The number of aliphatic carboxylic acids is 1. The Balaban J connectivity index is 2.33. The van der Waals surface area contributed by atoms with Gasteiger partial charge in [-0.1, -0.05) is 62.7 Å². The molecular weight excluding hydrogens is 504 g/mol. The van der Waals surface area contributed by atoms with Crippen LogP contribution in [0.2, 0.25) is 0 Å². The van der Waals surface area contributed by atoms with Crippen LogP contribution in [0.1, 0.15) is 38.3 Å². The van der Waals surface area contributed by atoms with Crippen molar-refractivity contribution < 1.29 is 34.5 Å². The van der Waals surface area contributed by atoms with Gasteiger partial charge in [0.05, 0.1) is 12.1 Å². The number of hydrogen-bond acceptors (Lipinski definition) is 7. The third kappa shape index (κ3) is 9.69. The van der Waals surface area contributed by atoms with E-state index in [0.717, 1.165) is 5.56 Å². The first-order valence-electron chi connectivity index (χ1n) is 12.8. The molecule has 212 valence electrons. The molecule has 0 spiro atoms. The third-order valence-corrected chi connectivity index (χ3v) is 6.53. The predicted octanol–water partition coefficient (Wildman–Crippen LogP) is 0.471. The van der Waals surface area contributed by atoms with Crippen molar-refractivity contribution in [2.75, 3.05) is 0 Å². The Morgan fingerprint density at radius 2 is 1.28 bits per heavy atom. The molecule has 0 heterocycles. The van der Waals surface area contributed by atoms with Gasteiger partial charge in [-0.05, 0) is 36.1 Å². The first kappa shape index (κ1) is 31.3. The maximum absolute atomic E-state index is 13.5. The number of rotatable bonds is 14. The van der Waals surface area contributed by atoms with E-state index in [1.165, 1.54) is 19.1 Å². The first-order valence-corrected chi connectivity index (χ1v) is 12.8. The molecule has 3 amide bonds. The van der Waals surface area contributed by atoms with Crippen LogP contribution in [0.3, 0.4) is 0 Å². The average molecular weight is 543 g/mol. The summed E-state index contributed by atoms with van der Waals surface area (Å²) in [5, 5.41) is 36.4. The Morgan fingerprint density at radius 3 is 1.77 bits per heavy atom. The number of aliphatic hydroxyl groups is 1. The molecule has 6 unspecified atom stereocenters. The molecule has 0 aromatic heterocycles. The summed E-state index contributed by atoms with van der Waals surface area (Å²) in [6.45, 7) is 4.95. The number of carbonyl (C=O) groups excluding carboxylic acids is 3. The second-order valence-electron chi connectivity index (χ2n) is 9.66. The van der Waals surface area contributed by atoms with Crippen molar-refractivity contribution in [2.24, 2.45) is 11.7 Å². The van der Waals surface area contributed by atoms with Crippen LogP contribution in [0.25, 0.3) is 0 Å². The highest BCUT2D eigenvalue weighted by molar-refractivity contribution is 5.94. The number of hydrogen-bond donors (Lipinski definition) is 7. The minimum Gasteiger partial charge on any atom is -0.508 e. The van der Waals surface area contributed by atoms with E-state index in [-0.39, 0.29) is 24.5 Å². The van der Waals surface area contributed by atoms with E-state index < -0.39 is 54.0 Å². The quantitative estimate of drug-likeness (QED) is 0.179. The van der Waals surface area contributed by atoms with E-state index in [9.17, 15) is 34.5 Å². The third-order valence-electron chi connectivity index (χ3n) is 6.53. The van der Waals surface area contributed by atoms with Gasteiger partial charge in [-0.25, -0.2) is 4.79 Å². The highest BCUT2D eigenvalue weighted by Gasteiger charge is 2.32. The lowest BCUT2D eigenvalue weighted by molar-refractivity contribution is -0.145. The lowest BCUT2D eigenvalue weighted by atomic mass is 9.98. The smallest absolute Gasteiger partial charge is 0.328 e. The summed E-state index contributed by atoms with van der Waals surface area (Å²) >= 11 is 0. The molecule has 2 rings (SSSR count). The lowest BCUT2D eigenvalue weighted by Crippen LogP contribution is -2.59. The van der Waals surface area contributed by atoms with Gasteiger partial charge in [0.25, 0.3) is 0 Å². The number of benzene rings is 2. The zero-order valence-electron chi connectivity index (χ0n) is 22.3. The lowest BCUT2D eigenvalue weighted by Gasteiger charge is -2.26. The van der Waals surface area contributed by atoms with Crippen molar-refractivity contribution in [2.45, 2.75) is 70.3 Å². The number of nitrogens with two attached hydrogens (primary N) is 1. The highest BCUT2D eigenvalue weighted by atomic mass is 16.4. The van der Waals surface area contributed by atoms with Crippen LogP contribution in [0.5, 0.6) is 5.75 Å². The molecule has 8 N–H and O–H groups in total. The number of phenols is 1. The van der Waals surface area contributed by atoms with E-state index >= 15 is 0 Å². The van der Waals surface area contributed by atoms with Crippen LogP contribution in [0, 0.1) is 5.92 Å². The normalized spacial score (nSPS) is 15.6. The van der Waals surface area contributed by atoms with Crippen LogP contribution in [0.4, 0.5) is 0 Å². The van der Waals surface area contributed by atoms with Gasteiger partial charge in [0.15, 0.2) is 6.04 Å². The Morgan fingerprint density at radius 1 is 0.795 bits per heavy atom. The maximum atomic E-state index is 13.5. The zero-order chi connectivity index (χ0) is 29.1. The molecule has 0 radical (unpaired) electrons. The summed E-state index contributed by atoms with van der Waals surface area (Å²) in [5.74, 6) is -3.60. The number of carbonyl (C=O) groups is 4. The van der Waals surface area contributed by atoms with Crippen molar-refractivity contribution in [3.8, 4) is 5.75 Å². The molecule has 0 saturated carbocycles. The molecule has 2 aromatic carbocycles. The van der Waals surface area contributed by atoms with E-state index in [0.29, 0.717) is 12.0 Å². The van der Waals surface area contributed by atoms with Gasteiger partial charge < -0.3 is 37.0 Å². The van der Waals surface area contributed by atoms with E-state index in [4.69, 9.17) is 5.73 Å². The summed E-state index contributed by atoms with van der Waals surface area (Å²) in [6, 6.07) is 10.1. The standard InChI is InChI=1S/C28H38N4O7/c1-4-16(2)23(29)27(37)31-21(14-18-8-6-5-7-9-18)25(35)30-22(15-19-10-12-20(34)13-11-19)26(36)32-24(17(3)33)28(38)39/h5-13,16-17,21-24,33-34H,4,14-15,29H2,1-3H3,(H,30,35)(H,31,37)(H,32,36)(H,38,39). The topological polar surface area (TPSA) is 191 Å². The molecule has 2 aromatic rings. The maximum Gasteiger partial charge on any atom is 0.328 e. The molecule has 0 aliphatic heterocycles. The number of aromatic hydroxyl groups is 1. The van der Waals surface area contributed by atoms with Crippen molar-refractivity contribution >= 4 is 23.7 Å². The van der Waals surface area contributed by atoms with Crippen LogP contribution in [0.15, 0.2) is 54.6 Å². The second kappa shape index (κ2) is 14.8. The van der Waals surface area contributed by atoms with Crippen molar-refractivity contribution in [3.05, 3.63) is 65.7 Å². The number of amides is 3. The Bertz CT molecular complexity index is 1110. The monoisotopic (exact) mass is 542 g/mol. The molecule has 0 aliphatic carbocycles. The van der Waals surface area contributed by atoms with Crippen molar-refractivity contribution in [1.82, 2.24) is 16.0 Å². The van der Waals surface area contributed by atoms with Crippen LogP contribution >= 0.6 is 0 Å². The molecule has 0 bridgehead atoms. The number of carboxylic acid groups (broad SMARTS) is 1. The van der Waals surface area contributed by atoms with Gasteiger partial charge in [-0.15, -0.1) is 0 Å². The predicted molar refractivity (Wildman–Crippen MR) is 144 cm³/mol. The number of aliphatic hydroxyl groups excluding tert-OH is 1. The highest BCUT2D eigenvalue weighted by Crippen LogP contribution is 2.13. The van der Waals surface area contributed by atoms with Crippen molar-refractivity contribution in [3.63, 3.8) is 0 Å². The molecule has 11 heteroatoms. The zero-order valence-corrected chi connectivity index (χ0v) is 22.3. The first-order chi connectivity index (χ1) is 18.4. The number of carboxylic acids is 1. The van der Waals surface area contributed by atoms with Gasteiger partial charge in [0, 0.05) is 12.8 Å². The Hall–Kier alpha value is -3.96. The molecule has 39 heavy (non-hydrogen) atoms. The summed E-state index contributed by atoms with van der Waals surface area (Å²) < 4.78 is 0. The van der Waals surface area contributed by atoms with Gasteiger partial charge >= 0.3 is 5.97 Å². The average Bonchev–Trinajstić information content (AvgIpc) is 2.91. The van der Waals surface area contributed by atoms with Gasteiger partial charge in [-0.3, -0.25) is 14.4 Å². The largest absolute Gasteiger partial charge is 0.508 e. The van der Waals surface area contributed by atoms with Gasteiger partial charge in [0.2, 0.25) is 17.7 Å². The van der Waals surface area contributed by atoms with Gasteiger partial charge in [0.1, 0.15) is 17.8 Å². The minimum atomic E-state index is -1.61. The van der Waals surface area contributed by atoms with Crippen LogP contribution in [-0.4, -0.2) is 69.3 Å². The van der Waals surface area contributed by atoms with Crippen LogP contribution < -0.4 is 21.7 Å². The SMILES string of the molecule is CCC(C)C(N)C(=O)NC(Cc1ccccc1)C(=O)NC(Cc1ccc(O)cc1)C(=O)NC(C(=O)O)C(C)O. The molecule has 0 aliphatic rings. The minimum absolute atomic E-state index is 0.00659. The summed E-state index contributed by atoms with van der Waals surface area (Å²) in [4.78, 5) is 51.1. The van der Waals surface area contributed by atoms with E-state index in [1.807, 2.05) is 19.9 Å². The summed E-state index contributed by atoms with van der Waals surface area (Å²) in [5.41, 5.74) is 7.41. The van der Waals surface area contributed by atoms with E-state index in [1.54, 1.807) is 36.4 Å². The van der Waals surface area contributed by atoms with Crippen molar-refractivity contribution in [1.29, 1.82) is 0 Å². The Labute approximate surface area is 227 Å². The number of phenolic OH excluding ortho intramolecular Hbond substituents is 1. The molecule has 0 fully saturated rings. The number of nitrogens with one attached hydrogen (secondary N) is 3. The molecule has 11 nitrogen and oxygen atoms in total. The fourth-order valence-electron chi connectivity index (χ4n) is 3.83. The summed E-state index contributed by atoms with van der Waals surface area (Å²) in [6.07, 6.45) is -0.677. The Kier molecular flexibility index (Phi) is 11.9. The van der Waals surface area contributed by atoms with Gasteiger partial charge in [-0.2, -0.15) is 0 Å².